The number of carbonyl (C=O) groups is 1. The Morgan fingerprint density at radius 2 is 2.19 bits per heavy atom. The SMILES string of the molecule is NC(CC(=O)Nc1ccc(Sc2ncn[nH]2)cc1)C1CC1. The number of H-pyrrole nitrogens is 1. The summed E-state index contributed by atoms with van der Waals surface area (Å²) in [6.45, 7) is 0. The lowest BCUT2D eigenvalue weighted by atomic mass is 10.1. The van der Waals surface area contributed by atoms with E-state index in [0.29, 0.717) is 12.3 Å². The standard InChI is InChI=1S/C14H17N5OS/c15-12(9-1-2-9)7-13(20)18-10-3-5-11(6-4-10)21-14-16-8-17-19-14/h3-6,8-9,12H,1-2,7,15H2,(H,18,20)(H,16,17,19). The Balaban J connectivity index is 1.52. The highest BCUT2D eigenvalue weighted by atomic mass is 32.2. The second kappa shape index (κ2) is 6.28. The molecule has 110 valence electrons. The molecule has 1 saturated carbocycles. The topological polar surface area (TPSA) is 96.7 Å². The Hall–Kier alpha value is -1.86. The van der Waals surface area contributed by atoms with Gasteiger partial charge in [-0.2, -0.15) is 5.10 Å². The fraction of sp³-hybridized carbons (Fsp3) is 0.357. The molecular weight excluding hydrogens is 286 g/mol. The highest BCUT2D eigenvalue weighted by Crippen LogP contribution is 2.33. The van der Waals surface area contributed by atoms with Crippen LogP contribution < -0.4 is 11.1 Å². The van der Waals surface area contributed by atoms with Crippen molar-refractivity contribution in [2.24, 2.45) is 11.7 Å². The van der Waals surface area contributed by atoms with Gasteiger partial charge >= 0.3 is 0 Å². The van der Waals surface area contributed by atoms with Crippen LogP contribution in [0.15, 0.2) is 40.6 Å². The Morgan fingerprint density at radius 1 is 1.43 bits per heavy atom. The van der Waals surface area contributed by atoms with Gasteiger partial charge in [-0.25, -0.2) is 4.98 Å². The molecule has 1 aromatic heterocycles. The Morgan fingerprint density at radius 3 is 2.81 bits per heavy atom. The van der Waals surface area contributed by atoms with Gasteiger partial charge in [0.2, 0.25) is 5.91 Å². The van der Waals surface area contributed by atoms with Crippen molar-refractivity contribution in [1.29, 1.82) is 0 Å². The summed E-state index contributed by atoms with van der Waals surface area (Å²) in [6.07, 6.45) is 4.17. The van der Waals surface area contributed by atoms with Crippen molar-refractivity contribution in [2.75, 3.05) is 5.32 Å². The zero-order valence-electron chi connectivity index (χ0n) is 11.5. The maximum Gasteiger partial charge on any atom is 0.225 e. The lowest BCUT2D eigenvalue weighted by Gasteiger charge is -2.10. The maximum atomic E-state index is 11.9. The van der Waals surface area contributed by atoms with Gasteiger partial charge in [-0.3, -0.25) is 9.89 Å². The predicted molar refractivity (Wildman–Crippen MR) is 80.9 cm³/mol. The number of carbonyl (C=O) groups excluding carboxylic acids is 1. The number of hydrogen-bond donors (Lipinski definition) is 3. The Bertz CT molecular complexity index is 594. The van der Waals surface area contributed by atoms with Crippen molar-refractivity contribution in [3.8, 4) is 0 Å². The van der Waals surface area contributed by atoms with E-state index in [4.69, 9.17) is 5.73 Å². The summed E-state index contributed by atoms with van der Waals surface area (Å²) < 4.78 is 0. The summed E-state index contributed by atoms with van der Waals surface area (Å²) in [4.78, 5) is 17.0. The molecule has 1 heterocycles. The first-order valence-electron chi connectivity index (χ1n) is 6.89. The van der Waals surface area contributed by atoms with Crippen molar-refractivity contribution < 1.29 is 4.79 Å². The number of aromatic amines is 1. The van der Waals surface area contributed by atoms with Crippen LogP contribution in [0.1, 0.15) is 19.3 Å². The molecule has 6 nitrogen and oxygen atoms in total. The van der Waals surface area contributed by atoms with E-state index in [1.54, 1.807) is 0 Å². The molecule has 1 fully saturated rings. The van der Waals surface area contributed by atoms with E-state index in [1.165, 1.54) is 18.1 Å². The van der Waals surface area contributed by atoms with Crippen LogP contribution in [-0.4, -0.2) is 27.1 Å². The number of hydrogen-bond acceptors (Lipinski definition) is 5. The largest absolute Gasteiger partial charge is 0.327 e. The highest BCUT2D eigenvalue weighted by molar-refractivity contribution is 7.99. The fourth-order valence-electron chi connectivity index (χ4n) is 2.08. The lowest BCUT2D eigenvalue weighted by Crippen LogP contribution is -2.28. The summed E-state index contributed by atoms with van der Waals surface area (Å²) in [5.74, 6) is 0.515. The van der Waals surface area contributed by atoms with Crippen molar-refractivity contribution >= 4 is 23.4 Å². The van der Waals surface area contributed by atoms with Crippen molar-refractivity contribution in [2.45, 2.75) is 35.4 Å². The van der Waals surface area contributed by atoms with E-state index in [-0.39, 0.29) is 11.9 Å². The molecule has 1 aliphatic rings. The molecule has 0 spiro atoms. The molecule has 21 heavy (non-hydrogen) atoms. The number of nitrogens with two attached hydrogens (primary N) is 1. The first-order valence-corrected chi connectivity index (χ1v) is 7.71. The second-order valence-corrected chi connectivity index (χ2v) is 6.23. The Kier molecular flexibility index (Phi) is 4.21. The third kappa shape index (κ3) is 4.05. The van der Waals surface area contributed by atoms with Gasteiger partial charge in [-0.05, 0) is 43.0 Å². The quantitative estimate of drug-likeness (QED) is 0.758. The summed E-state index contributed by atoms with van der Waals surface area (Å²) >= 11 is 1.48. The van der Waals surface area contributed by atoms with E-state index < -0.39 is 0 Å². The maximum absolute atomic E-state index is 11.9. The molecule has 0 saturated heterocycles. The van der Waals surface area contributed by atoms with Crippen LogP contribution in [0.5, 0.6) is 0 Å². The normalized spacial score (nSPS) is 15.7. The number of aromatic nitrogens is 3. The fourth-order valence-corrected chi connectivity index (χ4v) is 2.77. The third-order valence-corrected chi connectivity index (χ3v) is 4.29. The molecule has 1 atom stereocenters. The Labute approximate surface area is 126 Å². The van der Waals surface area contributed by atoms with Gasteiger partial charge in [0.25, 0.3) is 0 Å². The van der Waals surface area contributed by atoms with Crippen LogP contribution in [-0.2, 0) is 4.79 Å². The van der Waals surface area contributed by atoms with E-state index in [1.807, 2.05) is 24.3 Å². The number of nitrogens with zero attached hydrogens (tertiary/aromatic N) is 2. The zero-order valence-corrected chi connectivity index (χ0v) is 12.3. The first kappa shape index (κ1) is 14.1. The lowest BCUT2D eigenvalue weighted by molar-refractivity contribution is -0.116. The minimum absolute atomic E-state index is 0.00807. The average Bonchev–Trinajstić information content (AvgIpc) is 3.20. The van der Waals surface area contributed by atoms with Crippen LogP contribution in [0.25, 0.3) is 0 Å². The molecule has 1 amide bonds. The van der Waals surface area contributed by atoms with Crippen LogP contribution in [0.4, 0.5) is 5.69 Å². The molecule has 3 rings (SSSR count). The molecule has 7 heteroatoms. The predicted octanol–water partition coefficient (Wildman–Crippen LogP) is 2.02. The smallest absolute Gasteiger partial charge is 0.225 e. The van der Waals surface area contributed by atoms with Gasteiger partial charge in [-0.15, -0.1) is 0 Å². The molecule has 4 N–H and O–H groups in total. The summed E-state index contributed by atoms with van der Waals surface area (Å²) in [7, 11) is 0. The highest BCUT2D eigenvalue weighted by Gasteiger charge is 2.29. The molecule has 0 bridgehead atoms. The van der Waals surface area contributed by atoms with Gasteiger partial charge in [0.05, 0.1) is 0 Å². The van der Waals surface area contributed by atoms with Gasteiger partial charge in [-0.1, -0.05) is 11.8 Å². The van der Waals surface area contributed by atoms with Gasteiger partial charge in [0.15, 0.2) is 5.16 Å². The van der Waals surface area contributed by atoms with Crippen molar-refractivity contribution in [1.82, 2.24) is 15.2 Å². The van der Waals surface area contributed by atoms with Crippen molar-refractivity contribution in [3.05, 3.63) is 30.6 Å². The molecule has 1 unspecified atom stereocenters. The number of nitrogens with one attached hydrogen (secondary N) is 2. The number of benzene rings is 1. The average molecular weight is 303 g/mol. The molecule has 1 aliphatic carbocycles. The van der Waals surface area contributed by atoms with Crippen molar-refractivity contribution in [3.63, 3.8) is 0 Å². The van der Waals surface area contributed by atoms with Gasteiger partial charge < -0.3 is 11.1 Å². The van der Waals surface area contributed by atoms with Crippen LogP contribution in [0.3, 0.4) is 0 Å². The van der Waals surface area contributed by atoms with E-state index >= 15 is 0 Å². The molecule has 0 aliphatic heterocycles. The van der Waals surface area contributed by atoms with E-state index in [0.717, 1.165) is 28.6 Å². The minimum atomic E-state index is -0.0231. The minimum Gasteiger partial charge on any atom is -0.327 e. The van der Waals surface area contributed by atoms with E-state index in [2.05, 4.69) is 20.5 Å². The first-order chi connectivity index (χ1) is 10.2. The molecule has 0 radical (unpaired) electrons. The summed E-state index contributed by atoms with van der Waals surface area (Å²) in [6, 6.07) is 7.61. The van der Waals surface area contributed by atoms with Crippen LogP contribution in [0.2, 0.25) is 0 Å². The van der Waals surface area contributed by atoms with Gasteiger partial charge in [0, 0.05) is 23.0 Å². The van der Waals surface area contributed by atoms with Gasteiger partial charge in [0.1, 0.15) is 6.33 Å². The zero-order chi connectivity index (χ0) is 14.7. The van der Waals surface area contributed by atoms with Crippen LogP contribution in [0, 0.1) is 5.92 Å². The van der Waals surface area contributed by atoms with Crippen LogP contribution >= 0.6 is 11.8 Å². The second-order valence-electron chi connectivity index (χ2n) is 5.17. The number of amides is 1. The molecule has 2 aromatic rings. The number of anilines is 1. The third-order valence-electron chi connectivity index (χ3n) is 3.39. The summed E-state index contributed by atoms with van der Waals surface area (Å²) in [5, 5.41) is 10.2. The molecular formula is C14H17N5OS. The summed E-state index contributed by atoms with van der Waals surface area (Å²) in [5.41, 5.74) is 6.74. The number of rotatable bonds is 6. The monoisotopic (exact) mass is 303 g/mol. The van der Waals surface area contributed by atoms with E-state index in [9.17, 15) is 4.79 Å². The molecule has 1 aromatic carbocycles.